The largest absolute Gasteiger partial charge is 0.394 e. The Balaban J connectivity index is 2.37. The Morgan fingerprint density at radius 2 is 1.95 bits per heavy atom. The van der Waals surface area contributed by atoms with Crippen LogP contribution in [-0.4, -0.2) is 54.0 Å². The number of hydrogen-bond acceptors (Lipinski definition) is 4. The molecule has 7 heteroatoms. The second-order valence-corrected chi connectivity index (χ2v) is 8.87. The van der Waals surface area contributed by atoms with Crippen LogP contribution < -0.4 is 0 Å². The molecule has 0 aliphatic carbocycles. The Morgan fingerprint density at radius 3 is 2.41 bits per heavy atom. The predicted molar refractivity (Wildman–Crippen MR) is 85.8 cm³/mol. The van der Waals surface area contributed by atoms with Gasteiger partial charge in [-0.15, -0.1) is 0 Å². The molecule has 1 fully saturated rings. The molecule has 22 heavy (non-hydrogen) atoms. The molecular weight excluding hydrogens is 326 g/mol. The molecule has 5 nitrogen and oxygen atoms in total. The van der Waals surface area contributed by atoms with Gasteiger partial charge in [0, 0.05) is 16.6 Å². The maximum absolute atomic E-state index is 12.8. The van der Waals surface area contributed by atoms with Crippen molar-refractivity contribution in [2.24, 2.45) is 0 Å². The van der Waals surface area contributed by atoms with E-state index in [1.54, 1.807) is 38.1 Å². The Kier molecular flexibility index (Phi) is 4.84. The Morgan fingerprint density at radius 1 is 1.36 bits per heavy atom. The van der Waals surface area contributed by atoms with Crippen molar-refractivity contribution in [3.8, 4) is 0 Å². The summed E-state index contributed by atoms with van der Waals surface area (Å²) >= 11 is 5.83. The number of aliphatic hydroxyl groups excluding tert-OH is 1. The van der Waals surface area contributed by atoms with Crippen LogP contribution >= 0.6 is 11.6 Å². The number of carbonyl (C=O) groups excluding carboxylic acids is 1. The molecule has 1 aliphatic heterocycles. The highest BCUT2D eigenvalue weighted by molar-refractivity contribution is 7.91. The van der Waals surface area contributed by atoms with Crippen LogP contribution in [0.3, 0.4) is 0 Å². The predicted octanol–water partition coefficient (Wildman–Crippen LogP) is 1.74. The van der Waals surface area contributed by atoms with Gasteiger partial charge in [0.2, 0.25) is 0 Å². The average molecular weight is 346 g/mol. The molecule has 1 aliphatic rings. The monoisotopic (exact) mass is 345 g/mol. The zero-order valence-corrected chi connectivity index (χ0v) is 14.2. The average Bonchev–Trinajstić information content (AvgIpc) is 2.79. The molecule has 2 rings (SSSR count). The van der Waals surface area contributed by atoms with Crippen molar-refractivity contribution in [1.82, 2.24) is 4.90 Å². The normalized spacial score (nSPS) is 20.8. The smallest absolute Gasteiger partial charge is 0.254 e. The summed E-state index contributed by atoms with van der Waals surface area (Å²) in [6, 6.07) is 6.02. The van der Waals surface area contributed by atoms with E-state index in [0.29, 0.717) is 17.0 Å². The lowest BCUT2D eigenvalue weighted by molar-refractivity contribution is 0.0233. The minimum absolute atomic E-state index is 0.0598. The van der Waals surface area contributed by atoms with Crippen LogP contribution in [0.25, 0.3) is 0 Å². The highest BCUT2D eigenvalue weighted by atomic mass is 35.5. The van der Waals surface area contributed by atoms with Crippen molar-refractivity contribution in [3.63, 3.8) is 0 Å². The lowest BCUT2D eigenvalue weighted by Gasteiger charge is -2.41. The molecule has 1 heterocycles. The Bertz CT molecular complexity index is 655. The van der Waals surface area contributed by atoms with E-state index in [9.17, 15) is 18.3 Å². The molecular formula is C15H20ClNO4S. The molecule has 0 spiro atoms. The van der Waals surface area contributed by atoms with Gasteiger partial charge in [-0.2, -0.15) is 0 Å². The van der Waals surface area contributed by atoms with Gasteiger partial charge in [0.25, 0.3) is 5.91 Å². The van der Waals surface area contributed by atoms with E-state index < -0.39 is 21.4 Å². The number of nitrogens with zero attached hydrogens (tertiary/aromatic N) is 1. The molecule has 1 N–H and O–H groups in total. The summed E-state index contributed by atoms with van der Waals surface area (Å²) in [7, 11) is -3.13. The maximum atomic E-state index is 12.8. The first-order chi connectivity index (χ1) is 10.2. The molecule has 1 unspecified atom stereocenters. The third kappa shape index (κ3) is 3.62. The first-order valence-electron chi connectivity index (χ1n) is 7.07. The molecule has 1 aromatic carbocycles. The second kappa shape index (κ2) is 6.18. The third-order valence-electron chi connectivity index (χ3n) is 3.92. The van der Waals surface area contributed by atoms with Crippen molar-refractivity contribution >= 4 is 27.3 Å². The summed E-state index contributed by atoms with van der Waals surface area (Å²) in [5.41, 5.74) is -0.420. The standard InChI is InChI=1S/C15H20ClNO4S/c1-15(2,10-18)17(13-7-8-22(20,21)9-13)14(19)11-3-5-12(16)6-4-11/h3-6,13,18H,7-10H2,1-2H3. The molecule has 0 aromatic heterocycles. The fourth-order valence-electron chi connectivity index (χ4n) is 2.72. The van der Waals surface area contributed by atoms with Gasteiger partial charge in [0.1, 0.15) is 0 Å². The number of rotatable bonds is 4. The van der Waals surface area contributed by atoms with Gasteiger partial charge in [-0.3, -0.25) is 4.79 Å². The third-order valence-corrected chi connectivity index (χ3v) is 5.92. The SMILES string of the molecule is CC(C)(CO)N(C(=O)c1ccc(Cl)cc1)C1CCS(=O)(=O)C1. The number of sulfone groups is 1. The van der Waals surface area contributed by atoms with Crippen LogP contribution in [0.5, 0.6) is 0 Å². The minimum Gasteiger partial charge on any atom is -0.394 e. The number of aliphatic hydroxyl groups is 1. The van der Waals surface area contributed by atoms with Crippen LogP contribution in [0, 0.1) is 0 Å². The van der Waals surface area contributed by atoms with Crippen LogP contribution in [0.2, 0.25) is 5.02 Å². The number of carbonyl (C=O) groups is 1. The number of hydrogen-bond donors (Lipinski definition) is 1. The van der Waals surface area contributed by atoms with Gasteiger partial charge in [-0.05, 0) is 44.5 Å². The van der Waals surface area contributed by atoms with E-state index in [2.05, 4.69) is 0 Å². The maximum Gasteiger partial charge on any atom is 0.254 e. The van der Waals surface area contributed by atoms with E-state index in [1.807, 2.05) is 0 Å². The molecule has 122 valence electrons. The summed E-state index contributed by atoms with van der Waals surface area (Å²) < 4.78 is 23.5. The Labute approximate surface area is 135 Å². The summed E-state index contributed by atoms with van der Waals surface area (Å²) in [6.07, 6.45) is 0.394. The summed E-state index contributed by atoms with van der Waals surface area (Å²) in [6.45, 7) is 3.21. The topological polar surface area (TPSA) is 74.7 Å². The lowest BCUT2D eigenvalue weighted by atomic mass is 9.98. The molecule has 0 bridgehead atoms. The lowest BCUT2D eigenvalue weighted by Crippen LogP contribution is -2.55. The number of halogens is 1. The molecule has 0 radical (unpaired) electrons. The van der Waals surface area contributed by atoms with E-state index in [-0.39, 0.29) is 24.0 Å². The molecule has 1 saturated heterocycles. The minimum atomic E-state index is -3.13. The van der Waals surface area contributed by atoms with Crippen LogP contribution in [0.1, 0.15) is 30.6 Å². The van der Waals surface area contributed by atoms with Crippen molar-refractivity contribution < 1.29 is 18.3 Å². The first-order valence-corrected chi connectivity index (χ1v) is 9.27. The van der Waals surface area contributed by atoms with Gasteiger partial charge in [0.15, 0.2) is 9.84 Å². The zero-order valence-electron chi connectivity index (χ0n) is 12.6. The summed E-state index contributed by atoms with van der Waals surface area (Å²) in [5.74, 6) is -0.280. The van der Waals surface area contributed by atoms with E-state index in [4.69, 9.17) is 11.6 Å². The number of benzene rings is 1. The van der Waals surface area contributed by atoms with Gasteiger partial charge in [-0.1, -0.05) is 11.6 Å². The van der Waals surface area contributed by atoms with Gasteiger partial charge < -0.3 is 10.0 Å². The van der Waals surface area contributed by atoms with E-state index >= 15 is 0 Å². The quantitative estimate of drug-likeness (QED) is 0.902. The van der Waals surface area contributed by atoms with Crippen LogP contribution in [-0.2, 0) is 9.84 Å². The Hall–Kier alpha value is -1.11. The van der Waals surface area contributed by atoms with Gasteiger partial charge >= 0.3 is 0 Å². The van der Waals surface area contributed by atoms with Crippen molar-refractivity contribution in [3.05, 3.63) is 34.9 Å². The molecule has 1 atom stereocenters. The fourth-order valence-corrected chi connectivity index (χ4v) is 4.55. The fraction of sp³-hybridized carbons (Fsp3) is 0.533. The van der Waals surface area contributed by atoms with Crippen molar-refractivity contribution in [1.29, 1.82) is 0 Å². The summed E-state index contributed by atoms with van der Waals surface area (Å²) in [4.78, 5) is 14.3. The second-order valence-electron chi connectivity index (χ2n) is 6.21. The van der Waals surface area contributed by atoms with Gasteiger partial charge in [-0.25, -0.2) is 8.42 Å². The van der Waals surface area contributed by atoms with E-state index in [0.717, 1.165) is 0 Å². The first kappa shape index (κ1) is 17.2. The van der Waals surface area contributed by atoms with Gasteiger partial charge in [0.05, 0.1) is 23.7 Å². The summed E-state index contributed by atoms with van der Waals surface area (Å²) in [5, 5.41) is 10.2. The van der Waals surface area contributed by atoms with Crippen molar-refractivity contribution in [2.75, 3.05) is 18.1 Å². The highest BCUT2D eigenvalue weighted by Crippen LogP contribution is 2.27. The van der Waals surface area contributed by atoms with Crippen molar-refractivity contribution in [2.45, 2.75) is 31.8 Å². The zero-order chi connectivity index (χ0) is 16.5. The molecule has 1 amide bonds. The van der Waals surface area contributed by atoms with Crippen LogP contribution in [0.4, 0.5) is 0 Å². The molecule has 0 saturated carbocycles. The highest BCUT2D eigenvalue weighted by Gasteiger charge is 2.41. The molecule has 1 aromatic rings. The number of amides is 1. The van der Waals surface area contributed by atoms with Crippen LogP contribution in [0.15, 0.2) is 24.3 Å². The van der Waals surface area contributed by atoms with E-state index in [1.165, 1.54) is 4.90 Å².